The topological polar surface area (TPSA) is 78.4 Å². The molecule has 2 amide bonds. The Morgan fingerprint density at radius 3 is 2.80 bits per heavy atom. The van der Waals surface area contributed by atoms with Gasteiger partial charge in [-0.05, 0) is 26.0 Å². The van der Waals surface area contributed by atoms with E-state index < -0.39 is 0 Å². The molecule has 0 atom stereocenters. The number of aliphatic hydroxyl groups is 1. The first kappa shape index (κ1) is 16.2. The second kappa shape index (κ2) is 8.35. The Bertz CT molecular complexity index is 526. The summed E-state index contributed by atoms with van der Waals surface area (Å²) in [5.74, 6) is 4.96. The molecule has 0 saturated carbocycles. The molecule has 0 fully saturated rings. The van der Waals surface area contributed by atoms with Gasteiger partial charge in [-0.3, -0.25) is 9.59 Å². The van der Waals surface area contributed by atoms with Crippen LogP contribution in [0.4, 0.5) is 0 Å². The molecule has 0 unspecified atom stereocenters. The molecule has 0 saturated heterocycles. The van der Waals surface area contributed by atoms with Crippen LogP contribution in [0.1, 0.15) is 34.8 Å². The van der Waals surface area contributed by atoms with Gasteiger partial charge in [0, 0.05) is 19.0 Å². The van der Waals surface area contributed by atoms with E-state index in [0.717, 1.165) is 4.88 Å². The first-order valence-electron chi connectivity index (χ1n) is 6.30. The van der Waals surface area contributed by atoms with E-state index in [1.807, 2.05) is 13.8 Å². The Hall–Kier alpha value is -1.84. The maximum Gasteiger partial charge on any atom is 0.261 e. The molecule has 0 radical (unpaired) electrons. The third-order valence-corrected chi connectivity index (χ3v) is 3.21. The van der Waals surface area contributed by atoms with Crippen molar-refractivity contribution in [2.24, 2.45) is 0 Å². The van der Waals surface area contributed by atoms with Crippen LogP contribution in [0.25, 0.3) is 0 Å². The number of rotatable bonds is 5. The third kappa shape index (κ3) is 5.87. The molecule has 108 valence electrons. The van der Waals surface area contributed by atoms with Crippen LogP contribution in [-0.2, 0) is 4.79 Å². The molecule has 0 aliphatic heterocycles. The normalized spacial score (nSPS) is 9.80. The number of carbonyl (C=O) groups excluding carboxylic acids is 2. The van der Waals surface area contributed by atoms with Gasteiger partial charge in [-0.2, -0.15) is 0 Å². The minimum atomic E-state index is -0.218. The molecule has 0 aliphatic carbocycles. The predicted molar refractivity (Wildman–Crippen MR) is 78.5 cm³/mol. The van der Waals surface area contributed by atoms with Crippen molar-refractivity contribution in [3.05, 3.63) is 21.9 Å². The van der Waals surface area contributed by atoms with Gasteiger partial charge < -0.3 is 15.7 Å². The van der Waals surface area contributed by atoms with Gasteiger partial charge in [-0.1, -0.05) is 11.8 Å². The minimum Gasteiger partial charge on any atom is -0.384 e. The fourth-order valence-corrected chi connectivity index (χ4v) is 2.22. The minimum absolute atomic E-state index is 0.0824. The maximum atomic E-state index is 11.8. The zero-order valence-electron chi connectivity index (χ0n) is 11.5. The van der Waals surface area contributed by atoms with Crippen LogP contribution < -0.4 is 10.6 Å². The van der Waals surface area contributed by atoms with Crippen molar-refractivity contribution in [3.8, 4) is 11.8 Å². The second-order valence-corrected chi connectivity index (χ2v) is 5.44. The van der Waals surface area contributed by atoms with Gasteiger partial charge in [0.05, 0.1) is 9.75 Å². The Labute approximate surface area is 122 Å². The van der Waals surface area contributed by atoms with E-state index in [-0.39, 0.29) is 30.9 Å². The van der Waals surface area contributed by atoms with Gasteiger partial charge >= 0.3 is 0 Å². The van der Waals surface area contributed by atoms with E-state index in [1.54, 1.807) is 12.1 Å². The quantitative estimate of drug-likeness (QED) is 0.701. The molecule has 3 N–H and O–H groups in total. The van der Waals surface area contributed by atoms with Crippen LogP contribution >= 0.6 is 11.3 Å². The Balaban J connectivity index is 2.39. The molecule has 0 aliphatic rings. The molecule has 1 heterocycles. The Morgan fingerprint density at radius 1 is 1.40 bits per heavy atom. The summed E-state index contributed by atoms with van der Waals surface area (Å²) in [7, 11) is 0. The van der Waals surface area contributed by atoms with Crippen molar-refractivity contribution in [2.75, 3.05) is 13.2 Å². The van der Waals surface area contributed by atoms with Gasteiger partial charge in [-0.25, -0.2) is 0 Å². The number of amides is 2. The van der Waals surface area contributed by atoms with Gasteiger partial charge in [0.1, 0.15) is 6.61 Å². The van der Waals surface area contributed by atoms with Crippen LogP contribution in [-0.4, -0.2) is 36.1 Å². The number of thiophene rings is 1. The van der Waals surface area contributed by atoms with Gasteiger partial charge in [0.15, 0.2) is 0 Å². The van der Waals surface area contributed by atoms with E-state index in [2.05, 4.69) is 22.5 Å². The van der Waals surface area contributed by atoms with Crippen LogP contribution in [0.2, 0.25) is 0 Å². The molecule has 1 rings (SSSR count). The van der Waals surface area contributed by atoms with E-state index in [4.69, 9.17) is 5.11 Å². The third-order valence-electron chi connectivity index (χ3n) is 2.21. The number of carbonyl (C=O) groups is 2. The van der Waals surface area contributed by atoms with Crippen LogP contribution in [0.15, 0.2) is 12.1 Å². The summed E-state index contributed by atoms with van der Waals surface area (Å²) in [5.41, 5.74) is 0. The smallest absolute Gasteiger partial charge is 0.261 e. The molecule has 6 heteroatoms. The van der Waals surface area contributed by atoms with Gasteiger partial charge in [-0.15, -0.1) is 11.3 Å². The van der Waals surface area contributed by atoms with Crippen LogP contribution in [0, 0.1) is 11.8 Å². The predicted octanol–water partition coefficient (Wildman–Crippen LogP) is 0.736. The number of hydrogen-bond acceptors (Lipinski definition) is 4. The zero-order valence-corrected chi connectivity index (χ0v) is 12.3. The fourth-order valence-electron chi connectivity index (χ4n) is 1.42. The molecule has 0 spiro atoms. The highest BCUT2D eigenvalue weighted by molar-refractivity contribution is 7.14. The van der Waals surface area contributed by atoms with E-state index in [9.17, 15) is 9.59 Å². The fraction of sp³-hybridized carbons (Fsp3) is 0.429. The lowest BCUT2D eigenvalue weighted by Crippen LogP contribution is -2.33. The summed E-state index contributed by atoms with van der Waals surface area (Å²) < 4.78 is 0. The standard InChI is InChI=1S/C14H18N2O3S/c1-10(2)16-13(18)7-8-15-14(19)12-6-5-11(20-12)4-3-9-17/h5-6,10,17H,7-9H2,1-2H3,(H,15,19)(H,16,18). The summed E-state index contributed by atoms with van der Waals surface area (Å²) in [6.07, 6.45) is 0.256. The number of nitrogens with one attached hydrogen (secondary N) is 2. The number of hydrogen-bond donors (Lipinski definition) is 3. The number of aliphatic hydroxyl groups excluding tert-OH is 1. The molecule has 0 bridgehead atoms. The summed E-state index contributed by atoms with van der Waals surface area (Å²) in [6, 6.07) is 3.51. The first-order valence-corrected chi connectivity index (χ1v) is 7.11. The van der Waals surface area contributed by atoms with Crippen molar-refractivity contribution >= 4 is 23.2 Å². The summed E-state index contributed by atoms with van der Waals surface area (Å²) >= 11 is 1.25. The van der Waals surface area contributed by atoms with Crippen LogP contribution in [0.3, 0.4) is 0 Å². The molecule has 20 heavy (non-hydrogen) atoms. The highest BCUT2D eigenvalue weighted by atomic mass is 32.1. The van der Waals surface area contributed by atoms with Gasteiger partial charge in [0.2, 0.25) is 5.91 Å². The van der Waals surface area contributed by atoms with Crippen molar-refractivity contribution in [3.63, 3.8) is 0 Å². The average molecular weight is 294 g/mol. The molecular formula is C14H18N2O3S. The van der Waals surface area contributed by atoms with E-state index in [0.29, 0.717) is 11.4 Å². The molecule has 5 nitrogen and oxygen atoms in total. The van der Waals surface area contributed by atoms with Crippen molar-refractivity contribution in [1.29, 1.82) is 0 Å². The largest absolute Gasteiger partial charge is 0.384 e. The zero-order chi connectivity index (χ0) is 15.0. The molecule has 1 aromatic rings. The average Bonchev–Trinajstić information content (AvgIpc) is 2.84. The van der Waals surface area contributed by atoms with Crippen molar-refractivity contribution in [2.45, 2.75) is 26.3 Å². The lowest BCUT2D eigenvalue weighted by Gasteiger charge is -2.08. The maximum absolute atomic E-state index is 11.8. The summed E-state index contributed by atoms with van der Waals surface area (Å²) in [6.45, 7) is 3.87. The molecule has 0 aromatic carbocycles. The second-order valence-electron chi connectivity index (χ2n) is 4.35. The highest BCUT2D eigenvalue weighted by Crippen LogP contribution is 2.14. The lowest BCUT2D eigenvalue weighted by atomic mass is 10.3. The monoisotopic (exact) mass is 294 g/mol. The van der Waals surface area contributed by atoms with E-state index >= 15 is 0 Å². The summed E-state index contributed by atoms with van der Waals surface area (Å²) in [5, 5.41) is 14.0. The van der Waals surface area contributed by atoms with Crippen molar-refractivity contribution < 1.29 is 14.7 Å². The highest BCUT2D eigenvalue weighted by Gasteiger charge is 2.09. The SMILES string of the molecule is CC(C)NC(=O)CCNC(=O)c1ccc(C#CCO)s1. The Kier molecular flexibility index (Phi) is 6.77. The Morgan fingerprint density at radius 2 is 2.15 bits per heavy atom. The van der Waals surface area contributed by atoms with Gasteiger partial charge in [0.25, 0.3) is 5.91 Å². The molecule has 1 aromatic heterocycles. The van der Waals surface area contributed by atoms with E-state index in [1.165, 1.54) is 11.3 Å². The molecular weight excluding hydrogens is 276 g/mol. The van der Waals surface area contributed by atoms with Crippen molar-refractivity contribution in [1.82, 2.24) is 10.6 Å². The summed E-state index contributed by atoms with van der Waals surface area (Å²) in [4.78, 5) is 24.5. The van der Waals surface area contributed by atoms with Crippen LogP contribution in [0.5, 0.6) is 0 Å². The lowest BCUT2D eigenvalue weighted by molar-refractivity contribution is -0.121. The first-order chi connectivity index (χ1) is 9.52.